The number of nitrogens with zero attached hydrogens (tertiary/aromatic N) is 1. The van der Waals surface area contributed by atoms with Crippen LogP contribution in [0.3, 0.4) is 0 Å². The highest BCUT2D eigenvalue weighted by Gasteiger charge is 2.21. The smallest absolute Gasteiger partial charge is 0.242 e. The van der Waals surface area contributed by atoms with Crippen LogP contribution in [0.4, 0.5) is 0 Å². The summed E-state index contributed by atoms with van der Waals surface area (Å²) in [5.74, 6) is 0. The highest BCUT2D eigenvalue weighted by molar-refractivity contribution is 7.89. The summed E-state index contributed by atoms with van der Waals surface area (Å²) < 4.78 is 27.8. The predicted octanol–water partition coefficient (Wildman–Crippen LogP) is 1.98. The number of aryl methyl sites for hydroxylation is 1. The summed E-state index contributed by atoms with van der Waals surface area (Å²) in [7, 11) is -3.66. The van der Waals surface area contributed by atoms with Gasteiger partial charge in [0.2, 0.25) is 10.0 Å². The van der Waals surface area contributed by atoms with Crippen molar-refractivity contribution in [3.05, 3.63) is 36.0 Å². The van der Waals surface area contributed by atoms with Gasteiger partial charge < -0.3 is 5.11 Å². The molecule has 2 aromatic rings. The van der Waals surface area contributed by atoms with E-state index < -0.39 is 10.0 Å². The number of aliphatic hydroxyl groups excluding tert-OH is 1. The Morgan fingerprint density at radius 2 is 2.05 bits per heavy atom. The largest absolute Gasteiger partial charge is 0.396 e. The van der Waals surface area contributed by atoms with Gasteiger partial charge in [-0.1, -0.05) is 25.1 Å². The van der Waals surface area contributed by atoms with Crippen LogP contribution in [0.1, 0.15) is 25.5 Å². The summed E-state index contributed by atoms with van der Waals surface area (Å²) in [4.78, 5) is 4.53. The molecule has 2 N–H and O–H groups in total. The van der Waals surface area contributed by atoms with E-state index in [0.717, 1.165) is 11.1 Å². The quantitative estimate of drug-likeness (QED) is 0.855. The van der Waals surface area contributed by atoms with Crippen LogP contribution in [0.5, 0.6) is 0 Å². The van der Waals surface area contributed by atoms with E-state index in [2.05, 4.69) is 9.71 Å². The molecule has 5 nitrogen and oxygen atoms in total. The zero-order valence-corrected chi connectivity index (χ0v) is 13.0. The molecule has 0 saturated carbocycles. The molecule has 2 rings (SSSR count). The van der Waals surface area contributed by atoms with Crippen LogP contribution < -0.4 is 4.72 Å². The fourth-order valence-electron chi connectivity index (χ4n) is 2.22. The van der Waals surface area contributed by atoms with Crippen molar-refractivity contribution in [3.63, 3.8) is 0 Å². The van der Waals surface area contributed by atoms with E-state index >= 15 is 0 Å². The maximum Gasteiger partial charge on any atom is 0.242 e. The van der Waals surface area contributed by atoms with Crippen molar-refractivity contribution in [3.8, 4) is 0 Å². The number of sulfonamides is 1. The Balaban J connectivity index is 2.47. The Hall–Kier alpha value is -1.50. The molecule has 0 saturated heterocycles. The molecule has 1 heterocycles. The lowest BCUT2D eigenvalue weighted by atomic mass is 10.2. The summed E-state index contributed by atoms with van der Waals surface area (Å²) in [5, 5.41) is 9.79. The molecule has 0 amide bonds. The third-order valence-corrected chi connectivity index (χ3v) is 4.96. The lowest BCUT2D eigenvalue weighted by Gasteiger charge is -2.16. The van der Waals surface area contributed by atoms with Crippen LogP contribution >= 0.6 is 0 Å². The molecule has 0 aliphatic rings. The van der Waals surface area contributed by atoms with Gasteiger partial charge in [-0.2, -0.15) is 0 Å². The molecular formula is C15H20N2O3S. The highest BCUT2D eigenvalue weighted by atomic mass is 32.2. The number of rotatable bonds is 6. The van der Waals surface area contributed by atoms with Crippen molar-refractivity contribution in [1.29, 1.82) is 0 Å². The van der Waals surface area contributed by atoms with Crippen molar-refractivity contribution in [1.82, 2.24) is 9.71 Å². The molecule has 0 spiro atoms. The van der Waals surface area contributed by atoms with Crippen molar-refractivity contribution in [2.45, 2.75) is 37.6 Å². The van der Waals surface area contributed by atoms with Crippen molar-refractivity contribution < 1.29 is 13.5 Å². The van der Waals surface area contributed by atoms with Gasteiger partial charge in [0.25, 0.3) is 0 Å². The van der Waals surface area contributed by atoms with Gasteiger partial charge in [-0.25, -0.2) is 13.1 Å². The van der Waals surface area contributed by atoms with E-state index in [0.29, 0.717) is 18.4 Å². The SMILES string of the molecule is CCC(CCO)NS(=O)(=O)c1cccc2ccc(C)nc12. The molecule has 1 aromatic heterocycles. The topological polar surface area (TPSA) is 79.3 Å². The Labute approximate surface area is 125 Å². The van der Waals surface area contributed by atoms with Crippen LogP contribution in [0.25, 0.3) is 10.9 Å². The third kappa shape index (κ3) is 3.58. The summed E-state index contributed by atoms with van der Waals surface area (Å²) in [5.41, 5.74) is 1.25. The van der Waals surface area contributed by atoms with Gasteiger partial charge in [-0.05, 0) is 31.9 Å². The van der Waals surface area contributed by atoms with E-state index in [1.54, 1.807) is 12.1 Å². The number of hydrogen-bond donors (Lipinski definition) is 2. The number of benzene rings is 1. The number of nitrogens with one attached hydrogen (secondary N) is 1. The Bertz CT molecular complexity index is 729. The zero-order valence-electron chi connectivity index (χ0n) is 12.2. The van der Waals surface area contributed by atoms with Crippen molar-refractivity contribution >= 4 is 20.9 Å². The Morgan fingerprint density at radius 3 is 2.71 bits per heavy atom. The molecule has 6 heteroatoms. The minimum absolute atomic E-state index is 0.0477. The first-order valence-corrected chi connectivity index (χ1v) is 8.46. The first-order valence-electron chi connectivity index (χ1n) is 6.97. The van der Waals surface area contributed by atoms with Gasteiger partial charge in [0.1, 0.15) is 4.90 Å². The van der Waals surface area contributed by atoms with Gasteiger partial charge in [0, 0.05) is 23.7 Å². The Kier molecular flexibility index (Phi) is 4.92. The second-order valence-corrected chi connectivity index (χ2v) is 6.70. The normalized spacial score (nSPS) is 13.5. The van der Waals surface area contributed by atoms with Crippen LogP contribution in [0, 0.1) is 6.92 Å². The van der Waals surface area contributed by atoms with Gasteiger partial charge in [-0.15, -0.1) is 0 Å². The standard InChI is InChI=1S/C15H20N2O3S/c1-3-13(9-10-18)17-21(19,20)14-6-4-5-12-8-7-11(2)16-15(12)14/h4-8,13,17-18H,3,9-10H2,1-2H3. The Morgan fingerprint density at radius 1 is 1.29 bits per heavy atom. The summed E-state index contributed by atoms with van der Waals surface area (Å²) in [6, 6.07) is 8.55. The van der Waals surface area contributed by atoms with E-state index in [-0.39, 0.29) is 17.5 Å². The number of aromatic nitrogens is 1. The minimum Gasteiger partial charge on any atom is -0.396 e. The van der Waals surface area contributed by atoms with Gasteiger partial charge in [0.05, 0.1) is 5.52 Å². The first-order chi connectivity index (χ1) is 9.97. The number of pyridine rings is 1. The second-order valence-electron chi connectivity index (χ2n) is 5.02. The number of fused-ring (bicyclic) bond motifs is 1. The maximum atomic E-state index is 12.6. The zero-order chi connectivity index (χ0) is 15.5. The average Bonchev–Trinajstić information content (AvgIpc) is 2.45. The average molecular weight is 308 g/mol. The third-order valence-electron chi connectivity index (χ3n) is 3.40. The summed E-state index contributed by atoms with van der Waals surface area (Å²) in [6.45, 7) is 3.67. The van der Waals surface area contributed by atoms with Crippen LogP contribution in [-0.4, -0.2) is 31.2 Å². The van der Waals surface area contributed by atoms with Gasteiger partial charge in [0.15, 0.2) is 0 Å². The summed E-state index contributed by atoms with van der Waals surface area (Å²) in [6.07, 6.45) is 1.02. The molecule has 1 atom stereocenters. The van der Waals surface area contributed by atoms with E-state index in [4.69, 9.17) is 5.11 Å². The number of hydrogen-bond acceptors (Lipinski definition) is 4. The van der Waals surface area contributed by atoms with E-state index in [1.165, 1.54) is 0 Å². The minimum atomic E-state index is -3.66. The molecule has 0 aliphatic heterocycles. The molecule has 0 bridgehead atoms. The first kappa shape index (κ1) is 15.9. The molecule has 0 aliphatic carbocycles. The fourth-order valence-corrected chi connectivity index (χ4v) is 3.75. The molecule has 114 valence electrons. The maximum absolute atomic E-state index is 12.6. The van der Waals surface area contributed by atoms with Crippen molar-refractivity contribution in [2.75, 3.05) is 6.61 Å². The van der Waals surface area contributed by atoms with Crippen LogP contribution in [-0.2, 0) is 10.0 Å². The molecule has 1 unspecified atom stereocenters. The highest BCUT2D eigenvalue weighted by Crippen LogP contribution is 2.22. The lowest BCUT2D eigenvalue weighted by Crippen LogP contribution is -2.35. The molecule has 0 radical (unpaired) electrons. The molecule has 0 fully saturated rings. The number of aliphatic hydroxyl groups is 1. The molecular weight excluding hydrogens is 288 g/mol. The molecule has 1 aromatic carbocycles. The van der Waals surface area contributed by atoms with Crippen molar-refractivity contribution in [2.24, 2.45) is 0 Å². The number of para-hydroxylation sites is 1. The molecule has 21 heavy (non-hydrogen) atoms. The monoisotopic (exact) mass is 308 g/mol. The van der Waals surface area contributed by atoms with Gasteiger partial charge >= 0.3 is 0 Å². The lowest BCUT2D eigenvalue weighted by molar-refractivity contribution is 0.270. The van der Waals surface area contributed by atoms with Crippen LogP contribution in [0.15, 0.2) is 35.2 Å². The van der Waals surface area contributed by atoms with E-state index in [9.17, 15) is 8.42 Å². The van der Waals surface area contributed by atoms with Crippen LogP contribution in [0.2, 0.25) is 0 Å². The summed E-state index contributed by atoms with van der Waals surface area (Å²) >= 11 is 0. The van der Waals surface area contributed by atoms with Gasteiger partial charge in [-0.3, -0.25) is 4.98 Å². The second kappa shape index (κ2) is 6.51. The fraction of sp³-hybridized carbons (Fsp3) is 0.400. The van der Waals surface area contributed by atoms with E-state index in [1.807, 2.05) is 32.0 Å². The predicted molar refractivity (Wildman–Crippen MR) is 82.6 cm³/mol.